The van der Waals surface area contributed by atoms with E-state index in [1.165, 1.54) is 16.7 Å². The Morgan fingerprint density at radius 1 is 1.55 bits per heavy atom. The molecule has 0 unspecified atom stereocenters. The molecule has 3 aliphatic rings. The van der Waals surface area contributed by atoms with Gasteiger partial charge in [-0.1, -0.05) is 0 Å². The zero-order valence-corrected chi connectivity index (χ0v) is 12.3. The molecule has 20 heavy (non-hydrogen) atoms. The molecule has 3 N–H and O–H groups in total. The summed E-state index contributed by atoms with van der Waals surface area (Å²) in [6.07, 6.45) is 1.46. The molecule has 0 saturated carbocycles. The molecule has 0 aromatic carbocycles. The van der Waals surface area contributed by atoms with E-state index in [9.17, 15) is 14.7 Å². The third-order valence-corrected chi connectivity index (χ3v) is 5.42. The Balaban J connectivity index is 1.95. The lowest BCUT2D eigenvalue weighted by atomic mass is 9.99. The average molecular weight is 298 g/mol. The fourth-order valence-electron chi connectivity index (χ4n) is 3.01. The maximum Gasteiger partial charge on any atom is 0.352 e. The van der Waals surface area contributed by atoms with Gasteiger partial charge in [-0.2, -0.15) is 0 Å². The van der Waals surface area contributed by atoms with E-state index in [2.05, 4.69) is 0 Å². The predicted octanol–water partition coefficient (Wildman–Crippen LogP) is 0.525. The van der Waals surface area contributed by atoms with Crippen molar-refractivity contribution in [2.75, 3.05) is 5.75 Å². The second kappa shape index (κ2) is 4.47. The number of carbonyl (C=O) groups excluding carboxylic acids is 1. The molecular formula is C13H18N2O4S. The summed E-state index contributed by atoms with van der Waals surface area (Å²) in [5, 5.41) is 9.22. The van der Waals surface area contributed by atoms with Gasteiger partial charge in [-0.3, -0.25) is 9.69 Å². The zero-order valence-electron chi connectivity index (χ0n) is 11.5. The fourth-order valence-corrected chi connectivity index (χ4v) is 4.37. The summed E-state index contributed by atoms with van der Waals surface area (Å²) >= 11 is 1.52. The Hall–Kier alpha value is -1.05. The first kappa shape index (κ1) is 13.9. The van der Waals surface area contributed by atoms with Crippen molar-refractivity contribution in [1.29, 1.82) is 0 Å². The number of hydrogen-bond donors (Lipinski definition) is 2. The Kier molecular flexibility index (Phi) is 3.11. The van der Waals surface area contributed by atoms with Crippen LogP contribution in [0.1, 0.15) is 26.7 Å². The summed E-state index contributed by atoms with van der Waals surface area (Å²) in [6.45, 7) is 3.99. The molecule has 3 aliphatic heterocycles. The van der Waals surface area contributed by atoms with Gasteiger partial charge in [0, 0.05) is 5.75 Å². The molecule has 0 bridgehead atoms. The van der Waals surface area contributed by atoms with Gasteiger partial charge in [0.15, 0.2) is 0 Å². The lowest BCUT2D eigenvalue weighted by molar-refractivity contribution is -0.148. The number of aliphatic carboxylic acids is 1. The molecule has 6 nitrogen and oxygen atoms in total. The normalized spacial score (nSPS) is 35.9. The summed E-state index contributed by atoms with van der Waals surface area (Å²) in [5.74, 6) is -0.821. The van der Waals surface area contributed by atoms with E-state index in [4.69, 9.17) is 10.5 Å². The van der Waals surface area contributed by atoms with E-state index >= 15 is 0 Å². The number of nitrogens with two attached hydrogens (primary N) is 1. The number of fused-ring (bicyclic) bond motifs is 1. The van der Waals surface area contributed by atoms with Crippen molar-refractivity contribution >= 4 is 23.6 Å². The average Bonchev–Trinajstić information content (AvgIpc) is 2.76. The van der Waals surface area contributed by atoms with Crippen LogP contribution >= 0.6 is 11.8 Å². The molecule has 3 atom stereocenters. The Bertz CT molecular complexity index is 517. The lowest BCUT2D eigenvalue weighted by Crippen LogP contribution is -2.68. The fraction of sp³-hybridized carbons (Fsp3) is 0.692. The Morgan fingerprint density at radius 3 is 2.80 bits per heavy atom. The van der Waals surface area contributed by atoms with Gasteiger partial charge >= 0.3 is 5.97 Å². The zero-order chi connectivity index (χ0) is 14.7. The molecule has 0 aromatic rings. The molecule has 0 radical (unpaired) electrons. The van der Waals surface area contributed by atoms with Crippen LogP contribution in [0.2, 0.25) is 0 Å². The SMILES string of the molecule is CC1(C)CC[C@@H](C2=C(C(=O)O)N3C(=O)[C@@H](N)[C@H]3SC2)O1. The first-order valence-corrected chi connectivity index (χ1v) is 7.71. The molecule has 2 fully saturated rings. The third-order valence-electron chi connectivity index (χ3n) is 4.10. The molecule has 110 valence electrons. The van der Waals surface area contributed by atoms with Gasteiger partial charge in [0.2, 0.25) is 5.91 Å². The van der Waals surface area contributed by atoms with Gasteiger partial charge in [-0.15, -0.1) is 11.8 Å². The van der Waals surface area contributed by atoms with Gasteiger partial charge < -0.3 is 15.6 Å². The first-order chi connectivity index (χ1) is 9.32. The molecule has 3 rings (SSSR count). The Labute approximate surface area is 121 Å². The van der Waals surface area contributed by atoms with Crippen LogP contribution in [0.25, 0.3) is 0 Å². The van der Waals surface area contributed by atoms with E-state index in [0.29, 0.717) is 11.3 Å². The van der Waals surface area contributed by atoms with E-state index in [1.54, 1.807) is 0 Å². The van der Waals surface area contributed by atoms with E-state index in [-0.39, 0.29) is 28.7 Å². The molecule has 7 heteroatoms. The van der Waals surface area contributed by atoms with Gasteiger partial charge in [0.1, 0.15) is 17.1 Å². The quantitative estimate of drug-likeness (QED) is 0.722. The molecule has 0 spiro atoms. The second-order valence-corrected chi connectivity index (χ2v) is 7.12. The molecule has 0 aromatic heterocycles. The number of thioether (sulfide) groups is 1. The van der Waals surface area contributed by atoms with Crippen molar-refractivity contribution in [2.45, 2.75) is 49.8 Å². The smallest absolute Gasteiger partial charge is 0.352 e. The Morgan fingerprint density at radius 2 is 2.25 bits per heavy atom. The number of ether oxygens (including phenoxy) is 1. The largest absolute Gasteiger partial charge is 0.477 e. The molecule has 2 saturated heterocycles. The number of carboxylic acids is 1. The van der Waals surface area contributed by atoms with Crippen molar-refractivity contribution in [3.8, 4) is 0 Å². The monoisotopic (exact) mass is 298 g/mol. The highest BCUT2D eigenvalue weighted by Gasteiger charge is 2.53. The minimum atomic E-state index is -1.07. The van der Waals surface area contributed by atoms with Crippen LogP contribution in [0.4, 0.5) is 0 Å². The van der Waals surface area contributed by atoms with Crippen LogP contribution in [0.15, 0.2) is 11.3 Å². The van der Waals surface area contributed by atoms with Crippen LogP contribution in [0.5, 0.6) is 0 Å². The van der Waals surface area contributed by atoms with Gasteiger partial charge in [-0.25, -0.2) is 4.79 Å². The number of hydrogen-bond acceptors (Lipinski definition) is 5. The molecule has 1 amide bonds. The third kappa shape index (κ3) is 1.96. The van der Waals surface area contributed by atoms with E-state index < -0.39 is 12.0 Å². The summed E-state index contributed by atoms with van der Waals surface area (Å²) in [7, 11) is 0. The van der Waals surface area contributed by atoms with E-state index in [0.717, 1.165) is 12.8 Å². The number of rotatable bonds is 2. The number of carboxylic acid groups (broad SMARTS) is 1. The summed E-state index contributed by atoms with van der Waals surface area (Å²) in [6, 6.07) is -0.586. The number of β-lactam (4-membered cyclic amide) rings is 1. The summed E-state index contributed by atoms with van der Waals surface area (Å²) < 4.78 is 5.93. The number of nitrogens with zero attached hydrogens (tertiary/aromatic N) is 1. The standard InChI is InChI=1S/C13H18N2O4S/c1-13(2)4-3-7(19-13)6-5-20-11-8(14)10(16)15(11)9(6)12(17)18/h7-8,11H,3-5,14H2,1-2H3,(H,17,18)/t7-,8+,11+/m0/s1. The van der Waals surface area contributed by atoms with Gasteiger partial charge in [0.25, 0.3) is 0 Å². The van der Waals surface area contributed by atoms with Crippen LogP contribution in [0, 0.1) is 0 Å². The van der Waals surface area contributed by atoms with Crippen LogP contribution in [-0.4, -0.2) is 50.8 Å². The number of carbonyl (C=O) groups is 2. The van der Waals surface area contributed by atoms with E-state index in [1.807, 2.05) is 13.8 Å². The van der Waals surface area contributed by atoms with Crippen molar-refractivity contribution in [2.24, 2.45) is 5.73 Å². The molecule has 0 aliphatic carbocycles. The highest BCUT2D eigenvalue weighted by atomic mass is 32.2. The molecule has 3 heterocycles. The van der Waals surface area contributed by atoms with Crippen LogP contribution < -0.4 is 5.73 Å². The van der Waals surface area contributed by atoms with Crippen molar-refractivity contribution in [3.63, 3.8) is 0 Å². The minimum Gasteiger partial charge on any atom is -0.477 e. The van der Waals surface area contributed by atoms with Crippen molar-refractivity contribution in [3.05, 3.63) is 11.3 Å². The van der Waals surface area contributed by atoms with Crippen LogP contribution in [0.3, 0.4) is 0 Å². The lowest BCUT2D eigenvalue weighted by Gasteiger charge is -2.48. The maximum atomic E-state index is 11.8. The van der Waals surface area contributed by atoms with Crippen LogP contribution in [-0.2, 0) is 14.3 Å². The summed E-state index contributed by atoms with van der Waals surface area (Å²) in [5.41, 5.74) is 6.28. The minimum absolute atomic E-state index is 0.0863. The van der Waals surface area contributed by atoms with Crippen molar-refractivity contribution in [1.82, 2.24) is 4.90 Å². The highest BCUT2D eigenvalue weighted by Crippen LogP contribution is 2.44. The summed E-state index contributed by atoms with van der Waals surface area (Å²) in [4.78, 5) is 24.7. The van der Waals surface area contributed by atoms with Crippen molar-refractivity contribution < 1.29 is 19.4 Å². The molecular weight excluding hydrogens is 280 g/mol. The van der Waals surface area contributed by atoms with Gasteiger partial charge in [-0.05, 0) is 32.3 Å². The highest BCUT2D eigenvalue weighted by molar-refractivity contribution is 8.00. The maximum absolute atomic E-state index is 11.8. The number of amides is 1. The first-order valence-electron chi connectivity index (χ1n) is 6.66. The van der Waals surface area contributed by atoms with Gasteiger partial charge in [0.05, 0.1) is 11.7 Å². The predicted molar refractivity (Wildman–Crippen MR) is 73.9 cm³/mol. The topological polar surface area (TPSA) is 92.9 Å². The second-order valence-electron chi connectivity index (χ2n) is 6.02.